The number of carbonyl (C=O) groups is 1. The minimum absolute atomic E-state index is 0.0117. The van der Waals surface area contributed by atoms with Gasteiger partial charge in [-0.2, -0.15) is 0 Å². The van der Waals surface area contributed by atoms with E-state index >= 15 is 0 Å². The third-order valence-corrected chi connectivity index (χ3v) is 3.58. The van der Waals surface area contributed by atoms with Crippen molar-refractivity contribution in [2.24, 2.45) is 0 Å². The summed E-state index contributed by atoms with van der Waals surface area (Å²) in [6, 6.07) is -0.212. The second-order valence-electron chi connectivity index (χ2n) is 4.03. The molecule has 1 aliphatic rings. The highest BCUT2D eigenvalue weighted by Gasteiger charge is 2.26. The molecule has 0 radical (unpaired) electrons. The van der Waals surface area contributed by atoms with E-state index in [0.29, 0.717) is 26.2 Å². The number of rotatable bonds is 3. The van der Waals surface area contributed by atoms with Gasteiger partial charge in [-0.3, -0.25) is 4.79 Å². The fraction of sp³-hybridized carbons (Fsp3) is 0.636. The first-order valence-corrected chi connectivity index (χ1v) is 6.47. The van der Waals surface area contributed by atoms with Gasteiger partial charge in [0.05, 0.1) is 43.0 Å². The van der Waals surface area contributed by atoms with E-state index in [2.05, 4.69) is 4.98 Å². The summed E-state index contributed by atoms with van der Waals surface area (Å²) in [5.41, 5.74) is 0.806. The lowest BCUT2D eigenvalue weighted by Gasteiger charge is -2.34. The Kier molecular flexibility index (Phi) is 4.09. The van der Waals surface area contributed by atoms with Crippen LogP contribution in [0.5, 0.6) is 0 Å². The lowest BCUT2D eigenvalue weighted by molar-refractivity contribution is -0.140. The molecule has 17 heavy (non-hydrogen) atoms. The first-order valence-electron chi connectivity index (χ1n) is 5.60. The summed E-state index contributed by atoms with van der Waals surface area (Å²) in [5.74, 6) is 0.0117. The average molecular weight is 256 g/mol. The van der Waals surface area contributed by atoms with Crippen LogP contribution in [-0.4, -0.2) is 53.3 Å². The van der Waals surface area contributed by atoms with Gasteiger partial charge in [-0.1, -0.05) is 0 Å². The molecule has 0 saturated carbocycles. The minimum Gasteiger partial charge on any atom is -0.394 e. The highest BCUT2D eigenvalue weighted by Crippen LogP contribution is 2.12. The monoisotopic (exact) mass is 256 g/mol. The number of aliphatic hydroxyl groups excluding tert-OH is 1. The van der Waals surface area contributed by atoms with E-state index in [-0.39, 0.29) is 18.6 Å². The summed E-state index contributed by atoms with van der Waals surface area (Å²) < 4.78 is 5.24. The number of ether oxygens (including phenoxy) is 1. The van der Waals surface area contributed by atoms with Gasteiger partial charge in [0.1, 0.15) is 0 Å². The Balaban J connectivity index is 1.98. The molecular weight excluding hydrogens is 240 g/mol. The summed E-state index contributed by atoms with van der Waals surface area (Å²) in [6.45, 7) is 3.37. The van der Waals surface area contributed by atoms with E-state index in [1.54, 1.807) is 16.2 Å². The molecular formula is C11H16N2O3S. The SMILES string of the molecule is Cc1nc(CC(=O)N2CCOCC2CO)cs1. The number of nitrogens with zero attached hydrogens (tertiary/aromatic N) is 2. The molecule has 0 aromatic carbocycles. The molecule has 1 atom stereocenters. The average Bonchev–Trinajstić information content (AvgIpc) is 2.74. The maximum atomic E-state index is 12.1. The molecule has 94 valence electrons. The number of morpholine rings is 1. The number of aryl methyl sites for hydroxylation is 1. The van der Waals surface area contributed by atoms with E-state index in [1.807, 2.05) is 12.3 Å². The van der Waals surface area contributed by atoms with Gasteiger partial charge in [-0.15, -0.1) is 11.3 Å². The van der Waals surface area contributed by atoms with Crippen molar-refractivity contribution in [2.45, 2.75) is 19.4 Å². The van der Waals surface area contributed by atoms with E-state index in [4.69, 9.17) is 4.74 Å². The molecule has 0 aliphatic carbocycles. The largest absolute Gasteiger partial charge is 0.394 e. The number of aromatic nitrogens is 1. The predicted octanol–water partition coefficient (Wildman–Crippen LogP) is 0.214. The van der Waals surface area contributed by atoms with Crippen molar-refractivity contribution in [3.05, 3.63) is 16.1 Å². The number of hydrogen-bond donors (Lipinski definition) is 1. The van der Waals surface area contributed by atoms with Crippen LogP contribution in [0.2, 0.25) is 0 Å². The van der Waals surface area contributed by atoms with Gasteiger partial charge in [0.2, 0.25) is 5.91 Å². The van der Waals surface area contributed by atoms with Crippen LogP contribution in [0, 0.1) is 6.92 Å². The van der Waals surface area contributed by atoms with Gasteiger partial charge in [0.25, 0.3) is 0 Å². The molecule has 2 heterocycles. The lowest BCUT2D eigenvalue weighted by Crippen LogP contribution is -2.51. The van der Waals surface area contributed by atoms with Crippen LogP contribution >= 0.6 is 11.3 Å². The van der Waals surface area contributed by atoms with Gasteiger partial charge in [0.15, 0.2) is 0 Å². The molecule has 1 aromatic rings. The molecule has 5 nitrogen and oxygen atoms in total. The maximum absolute atomic E-state index is 12.1. The molecule has 6 heteroatoms. The number of carbonyl (C=O) groups excluding carboxylic acids is 1. The fourth-order valence-electron chi connectivity index (χ4n) is 1.88. The zero-order valence-corrected chi connectivity index (χ0v) is 10.6. The highest BCUT2D eigenvalue weighted by atomic mass is 32.1. The van der Waals surface area contributed by atoms with Gasteiger partial charge in [-0.05, 0) is 6.92 Å². The molecule has 2 rings (SSSR count). The Bertz CT molecular complexity index is 394. The predicted molar refractivity (Wildman–Crippen MR) is 64.0 cm³/mol. The molecule has 1 saturated heterocycles. The smallest absolute Gasteiger partial charge is 0.229 e. The minimum atomic E-state index is -0.212. The Morgan fingerprint density at radius 3 is 3.24 bits per heavy atom. The Morgan fingerprint density at radius 1 is 1.76 bits per heavy atom. The van der Waals surface area contributed by atoms with Crippen molar-refractivity contribution in [3.63, 3.8) is 0 Å². The Morgan fingerprint density at radius 2 is 2.59 bits per heavy atom. The number of amides is 1. The first-order chi connectivity index (χ1) is 8.20. The third kappa shape index (κ3) is 3.02. The standard InChI is InChI=1S/C11H16N2O3S/c1-8-12-9(7-17-8)4-11(15)13-2-3-16-6-10(13)5-14/h7,10,14H,2-6H2,1H3. The third-order valence-electron chi connectivity index (χ3n) is 2.76. The van der Waals surface area contributed by atoms with Gasteiger partial charge in [-0.25, -0.2) is 4.98 Å². The van der Waals surface area contributed by atoms with Crippen LogP contribution in [0.25, 0.3) is 0 Å². The Hall–Kier alpha value is -0.980. The number of hydrogen-bond acceptors (Lipinski definition) is 5. The zero-order valence-electron chi connectivity index (χ0n) is 9.76. The second-order valence-corrected chi connectivity index (χ2v) is 5.10. The van der Waals surface area contributed by atoms with Crippen LogP contribution in [0.4, 0.5) is 0 Å². The first kappa shape index (κ1) is 12.5. The van der Waals surface area contributed by atoms with Gasteiger partial charge in [0, 0.05) is 11.9 Å². The molecule has 1 fully saturated rings. The van der Waals surface area contributed by atoms with Gasteiger partial charge < -0.3 is 14.7 Å². The molecule has 1 amide bonds. The van der Waals surface area contributed by atoms with Crippen molar-refractivity contribution >= 4 is 17.2 Å². The van der Waals surface area contributed by atoms with Crippen LogP contribution < -0.4 is 0 Å². The van der Waals surface area contributed by atoms with Crippen LogP contribution in [0.15, 0.2) is 5.38 Å². The summed E-state index contributed by atoms with van der Waals surface area (Å²) in [6.07, 6.45) is 0.306. The van der Waals surface area contributed by atoms with Crippen LogP contribution in [0.3, 0.4) is 0 Å². The molecule has 0 spiro atoms. The van der Waals surface area contributed by atoms with Gasteiger partial charge >= 0.3 is 0 Å². The van der Waals surface area contributed by atoms with E-state index in [9.17, 15) is 9.90 Å². The van der Waals surface area contributed by atoms with Crippen molar-refractivity contribution < 1.29 is 14.6 Å². The van der Waals surface area contributed by atoms with Crippen molar-refractivity contribution in [2.75, 3.05) is 26.4 Å². The highest BCUT2D eigenvalue weighted by molar-refractivity contribution is 7.09. The van der Waals surface area contributed by atoms with E-state index in [1.165, 1.54) is 0 Å². The fourth-order valence-corrected chi connectivity index (χ4v) is 2.49. The normalized spacial score (nSPS) is 20.6. The molecule has 1 aromatic heterocycles. The van der Waals surface area contributed by atoms with Crippen molar-refractivity contribution in [1.82, 2.24) is 9.88 Å². The molecule has 1 aliphatic heterocycles. The maximum Gasteiger partial charge on any atom is 0.229 e. The molecule has 0 bridgehead atoms. The zero-order chi connectivity index (χ0) is 12.3. The number of aliphatic hydroxyl groups is 1. The van der Waals surface area contributed by atoms with E-state index in [0.717, 1.165) is 10.7 Å². The second kappa shape index (κ2) is 5.57. The summed E-state index contributed by atoms with van der Waals surface area (Å²) >= 11 is 1.54. The lowest BCUT2D eigenvalue weighted by atomic mass is 10.2. The van der Waals surface area contributed by atoms with E-state index < -0.39 is 0 Å². The van der Waals surface area contributed by atoms with Crippen LogP contribution in [0.1, 0.15) is 10.7 Å². The van der Waals surface area contributed by atoms with Crippen LogP contribution in [-0.2, 0) is 16.0 Å². The summed E-state index contributed by atoms with van der Waals surface area (Å²) in [7, 11) is 0. The molecule has 1 unspecified atom stereocenters. The number of thiazole rings is 1. The molecule has 1 N–H and O–H groups in total. The topological polar surface area (TPSA) is 62.7 Å². The quantitative estimate of drug-likeness (QED) is 0.840. The Labute approximate surface area is 104 Å². The summed E-state index contributed by atoms with van der Waals surface area (Å²) in [4.78, 5) is 18.0. The van der Waals surface area contributed by atoms with Crippen molar-refractivity contribution in [3.8, 4) is 0 Å². The van der Waals surface area contributed by atoms with Crippen molar-refractivity contribution in [1.29, 1.82) is 0 Å². The summed E-state index contributed by atoms with van der Waals surface area (Å²) in [5, 5.41) is 12.1.